The van der Waals surface area contributed by atoms with Crippen LogP contribution in [-0.2, 0) is 9.09 Å². The Bertz CT molecular complexity index is 488. The number of hydrogen-bond acceptors (Lipinski definition) is 2. The Balaban J connectivity index is 3.47. The van der Waals surface area contributed by atoms with Crippen molar-refractivity contribution in [1.29, 1.82) is 0 Å². The molecule has 0 aromatic carbocycles. The fourth-order valence-electron chi connectivity index (χ4n) is 4.42. The van der Waals surface area contributed by atoms with E-state index in [0.717, 1.165) is 6.42 Å². The van der Waals surface area contributed by atoms with E-state index in [0.29, 0.717) is 23.9 Å². The average Bonchev–Trinajstić information content (AvgIpc) is 2.71. The lowest BCUT2D eigenvalue weighted by molar-refractivity contribution is -0.883. The Morgan fingerprint density at radius 3 is 1.53 bits per heavy atom. The molecule has 0 radical (unpaired) electrons. The molecule has 0 bridgehead atoms. The van der Waals surface area contributed by atoms with Gasteiger partial charge in [0, 0.05) is 6.42 Å². The smallest absolute Gasteiger partial charge is 0.320 e. The topological polar surface area (TPSA) is 46.5 Å². The highest BCUT2D eigenvalue weighted by Gasteiger charge is 2.41. The SMILES string of the molecule is CCCCCCCCCCCCCCCCCC=CCCOP(=O)(O)C(CC)[N+](C)(C)C. The highest BCUT2D eigenvalue weighted by molar-refractivity contribution is 7.53. The van der Waals surface area contributed by atoms with Gasteiger partial charge in [-0.15, -0.1) is 0 Å². The number of rotatable bonds is 23. The van der Waals surface area contributed by atoms with Crippen molar-refractivity contribution in [1.82, 2.24) is 0 Å². The van der Waals surface area contributed by atoms with Gasteiger partial charge in [-0.25, -0.2) is 0 Å². The Morgan fingerprint density at radius 2 is 1.12 bits per heavy atom. The predicted octanol–water partition coefficient (Wildman–Crippen LogP) is 8.84. The average molecular weight is 475 g/mol. The molecule has 0 heterocycles. The van der Waals surface area contributed by atoms with Gasteiger partial charge in [-0.3, -0.25) is 4.57 Å². The summed E-state index contributed by atoms with van der Waals surface area (Å²) >= 11 is 0. The van der Waals surface area contributed by atoms with Gasteiger partial charge in [0.05, 0.1) is 27.7 Å². The molecular formula is C27H57NO3P+. The third-order valence-electron chi connectivity index (χ3n) is 6.34. The van der Waals surface area contributed by atoms with Crippen LogP contribution in [0.25, 0.3) is 0 Å². The minimum absolute atomic E-state index is 0.319. The minimum atomic E-state index is -3.58. The van der Waals surface area contributed by atoms with Crippen molar-refractivity contribution in [3.05, 3.63) is 12.2 Å². The summed E-state index contributed by atoms with van der Waals surface area (Å²) in [5.74, 6) is -0.369. The highest BCUT2D eigenvalue weighted by atomic mass is 31.2. The number of nitrogens with zero attached hydrogens (tertiary/aromatic N) is 1. The quantitative estimate of drug-likeness (QED) is 0.0696. The Kier molecular flexibility index (Phi) is 20.1. The third-order valence-corrected chi connectivity index (χ3v) is 8.70. The molecule has 0 fully saturated rings. The van der Waals surface area contributed by atoms with E-state index in [1.54, 1.807) is 0 Å². The van der Waals surface area contributed by atoms with Crippen molar-refractivity contribution < 1.29 is 18.5 Å². The monoisotopic (exact) mass is 474 g/mol. The van der Waals surface area contributed by atoms with E-state index < -0.39 is 7.60 Å². The lowest BCUT2D eigenvalue weighted by Gasteiger charge is -2.35. The van der Waals surface area contributed by atoms with Crippen molar-refractivity contribution in [2.75, 3.05) is 27.7 Å². The second kappa shape index (κ2) is 20.2. The van der Waals surface area contributed by atoms with E-state index in [2.05, 4.69) is 19.1 Å². The van der Waals surface area contributed by atoms with E-state index in [4.69, 9.17) is 4.52 Å². The molecule has 192 valence electrons. The summed E-state index contributed by atoms with van der Waals surface area (Å²) in [6.45, 7) is 4.54. The molecule has 0 aliphatic carbocycles. The van der Waals surface area contributed by atoms with Crippen LogP contribution >= 0.6 is 7.60 Å². The van der Waals surface area contributed by atoms with Crippen LogP contribution in [0, 0.1) is 0 Å². The summed E-state index contributed by atoms with van der Waals surface area (Å²) in [5, 5.41) is 0. The summed E-state index contributed by atoms with van der Waals surface area (Å²) in [5.41, 5.74) is 0. The first-order valence-corrected chi connectivity index (χ1v) is 15.3. The Morgan fingerprint density at radius 1 is 0.719 bits per heavy atom. The third kappa shape index (κ3) is 18.3. The molecule has 0 aliphatic heterocycles. The molecule has 0 spiro atoms. The van der Waals surface area contributed by atoms with Gasteiger partial charge in [-0.2, -0.15) is 0 Å². The molecular weight excluding hydrogens is 417 g/mol. The zero-order valence-electron chi connectivity index (χ0n) is 22.3. The molecule has 0 aliphatic rings. The normalized spacial score (nSPS) is 15.3. The standard InChI is InChI=1S/C27H56NO3P/c1-6-8-9-10-11-12-13-14-15-16-17-18-19-20-21-22-23-24-25-26-31-32(29,30)27(7-2)28(3,4)5/h23-24,27H,6-22,25-26H2,1-5H3/p+1. The van der Waals surface area contributed by atoms with E-state index in [1.807, 2.05) is 28.1 Å². The molecule has 1 N–H and O–H groups in total. The zero-order valence-corrected chi connectivity index (χ0v) is 23.2. The zero-order chi connectivity index (χ0) is 24.1. The Hall–Kier alpha value is -0.150. The van der Waals surface area contributed by atoms with Gasteiger partial charge in [0.2, 0.25) is 0 Å². The van der Waals surface area contributed by atoms with Gasteiger partial charge in [0.1, 0.15) is 0 Å². The molecule has 2 atom stereocenters. The van der Waals surface area contributed by atoms with E-state index >= 15 is 0 Å². The summed E-state index contributed by atoms with van der Waals surface area (Å²) < 4.78 is 18.3. The van der Waals surface area contributed by atoms with Gasteiger partial charge in [-0.1, -0.05) is 116 Å². The van der Waals surface area contributed by atoms with Gasteiger partial charge in [0.15, 0.2) is 5.78 Å². The summed E-state index contributed by atoms with van der Waals surface area (Å²) in [7, 11) is 2.25. The molecule has 2 unspecified atom stereocenters. The van der Waals surface area contributed by atoms with Crippen molar-refractivity contribution in [3.8, 4) is 0 Å². The van der Waals surface area contributed by atoms with Gasteiger partial charge < -0.3 is 13.9 Å². The second-order valence-electron chi connectivity index (χ2n) is 10.4. The van der Waals surface area contributed by atoms with Gasteiger partial charge >= 0.3 is 7.60 Å². The molecule has 0 saturated carbocycles. The fraction of sp³-hybridized carbons (Fsp3) is 0.926. The maximum absolute atomic E-state index is 12.5. The molecule has 0 saturated heterocycles. The van der Waals surface area contributed by atoms with Gasteiger partial charge in [0.25, 0.3) is 0 Å². The predicted molar refractivity (Wildman–Crippen MR) is 141 cm³/mol. The van der Waals surface area contributed by atoms with Crippen molar-refractivity contribution in [3.63, 3.8) is 0 Å². The van der Waals surface area contributed by atoms with Crippen LogP contribution in [0.1, 0.15) is 129 Å². The number of hydrogen-bond donors (Lipinski definition) is 1. The maximum Gasteiger partial charge on any atom is 0.385 e. The van der Waals surface area contributed by atoms with E-state index in [9.17, 15) is 9.46 Å². The molecule has 4 nitrogen and oxygen atoms in total. The number of quaternary nitrogens is 1. The van der Waals surface area contributed by atoms with Gasteiger partial charge in [-0.05, 0) is 19.3 Å². The highest BCUT2D eigenvalue weighted by Crippen LogP contribution is 2.51. The molecule has 0 rings (SSSR count). The second-order valence-corrected chi connectivity index (χ2v) is 12.4. The summed E-state index contributed by atoms with van der Waals surface area (Å²) in [6.07, 6.45) is 27.7. The number of unbranched alkanes of at least 4 members (excludes halogenated alkanes) is 15. The lowest BCUT2D eigenvalue weighted by atomic mass is 10.0. The summed E-state index contributed by atoms with van der Waals surface area (Å²) in [4.78, 5) is 10.3. The largest absolute Gasteiger partial charge is 0.385 e. The molecule has 0 amide bonds. The van der Waals surface area contributed by atoms with Crippen LogP contribution in [0.5, 0.6) is 0 Å². The number of allylic oxidation sites excluding steroid dienone is 1. The first-order chi connectivity index (χ1) is 15.3. The fourth-order valence-corrected chi connectivity index (χ4v) is 6.30. The molecule has 0 aromatic heterocycles. The minimum Gasteiger partial charge on any atom is -0.320 e. The Labute approximate surface area is 201 Å². The summed E-state index contributed by atoms with van der Waals surface area (Å²) in [6, 6.07) is 0. The molecule has 32 heavy (non-hydrogen) atoms. The molecule has 5 heteroatoms. The van der Waals surface area contributed by atoms with Crippen LogP contribution in [0.2, 0.25) is 0 Å². The van der Waals surface area contributed by atoms with Crippen molar-refractivity contribution in [2.24, 2.45) is 0 Å². The van der Waals surface area contributed by atoms with E-state index in [1.165, 1.54) is 96.3 Å². The van der Waals surface area contributed by atoms with Crippen molar-refractivity contribution in [2.45, 2.75) is 135 Å². The van der Waals surface area contributed by atoms with Crippen molar-refractivity contribution >= 4 is 7.60 Å². The lowest BCUT2D eigenvalue weighted by Crippen LogP contribution is -2.44. The van der Waals surface area contributed by atoms with Crippen LogP contribution in [0.3, 0.4) is 0 Å². The maximum atomic E-state index is 12.5. The first kappa shape index (κ1) is 31.9. The van der Waals surface area contributed by atoms with Crippen LogP contribution < -0.4 is 0 Å². The van der Waals surface area contributed by atoms with Crippen LogP contribution in [0.4, 0.5) is 0 Å². The van der Waals surface area contributed by atoms with Crippen LogP contribution in [0.15, 0.2) is 12.2 Å². The van der Waals surface area contributed by atoms with Crippen LogP contribution in [-0.4, -0.2) is 42.9 Å². The van der Waals surface area contributed by atoms with E-state index in [-0.39, 0.29) is 5.78 Å². The molecule has 0 aromatic rings. The first-order valence-electron chi connectivity index (χ1n) is 13.7.